The van der Waals surface area contributed by atoms with E-state index in [1.54, 1.807) is 30.6 Å². The van der Waals surface area contributed by atoms with Gasteiger partial charge in [0.15, 0.2) is 11.5 Å². The average Bonchev–Trinajstić information content (AvgIpc) is 2.90. The Morgan fingerprint density at radius 2 is 1.86 bits per heavy atom. The summed E-state index contributed by atoms with van der Waals surface area (Å²) in [6.07, 6.45) is 9.95. The van der Waals surface area contributed by atoms with Gasteiger partial charge in [-0.25, -0.2) is 0 Å². The summed E-state index contributed by atoms with van der Waals surface area (Å²) in [6.45, 7) is 3.58. The van der Waals surface area contributed by atoms with E-state index in [-0.39, 0.29) is 5.91 Å². The molecule has 0 radical (unpaired) electrons. The summed E-state index contributed by atoms with van der Waals surface area (Å²) >= 11 is 0. The SMILES string of the molecule is CCOc1cc(C(=O)Nc2ccccc2CN(C)C2CCCCC2)ccc1OCc1cccnc1. The Balaban J connectivity index is 1.45. The van der Waals surface area contributed by atoms with Crippen molar-refractivity contribution in [3.8, 4) is 11.5 Å². The predicted octanol–water partition coefficient (Wildman–Crippen LogP) is 6.08. The van der Waals surface area contributed by atoms with Crippen LogP contribution >= 0.6 is 0 Å². The van der Waals surface area contributed by atoms with Gasteiger partial charge >= 0.3 is 0 Å². The molecule has 3 aromatic rings. The van der Waals surface area contributed by atoms with Gasteiger partial charge in [0.05, 0.1) is 6.61 Å². The topological polar surface area (TPSA) is 63.7 Å². The number of nitrogens with one attached hydrogen (secondary N) is 1. The van der Waals surface area contributed by atoms with E-state index in [4.69, 9.17) is 9.47 Å². The molecule has 0 aliphatic heterocycles. The fraction of sp³-hybridized carbons (Fsp3) is 0.379. The number of anilines is 1. The van der Waals surface area contributed by atoms with Crippen molar-refractivity contribution in [2.24, 2.45) is 0 Å². The molecule has 0 spiro atoms. The highest BCUT2D eigenvalue weighted by atomic mass is 16.5. The Bertz CT molecular complexity index is 1100. The number of aromatic nitrogens is 1. The Hall–Kier alpha value is -3.38. The number of pyridine rings is 1. The molecule has 4 rings (SSSR count). The smallest absolute Gasteiger partial charge is 0.255 e. The molecule has 0 saturated heterocycles. The molecule has 35 heavy (non-hydrogen) atoms. The van der Waals surface area contributed by atoms with Gasteiger partial charge in [-0.1, -0.05) is 43.5 Å². The van der Waals surface area contributed by atoms with E-state index in [0.29, 0.717) is 36.3 Å². The molecule has 0 atom stereocenters. The largest absolute Gasteiger partial charge is 0.490 e. The van der Waals surface area contributed by atoms with Crippen molar-refractivity contribution in [1.29, 1.82) is 0 Å². The highest BCUT2D eigenvalue weighted by Gasteiger charge is 2.19. The van der Waals surface area contributed by atoms with Gasteiger partial charge in [-0.05, 0) is 62.7 Å². The highest BCUT2D eigenvalue weighted by Crippen LogP contribution is 2.30. The van der Waals surface area contributed by atoms with E-state index in [1.165, 1.54) is 32.1 Å². The zero-order valence-electron chi connectivity index (χ0n) is 20.7. The number of nitrogens with zero attached hydrogens (tertiary/aromatic N) is 2. The molecule has 1 heterocycles. The number of ether oxygens (including phenoxy) is 2. The normalized spacial score (nSPS) is 14.0. The predicted molar refractivity (Wildman–Crippen MR) is 139 cm³/mol. The first-order valence-electron chi connectivity index (χ1n) is 12.5. The quantitative estimate of drug-likeness (QED) is 0.387. The molecule has 184 valence electrons. The number of rotatable bonds is 10. The second kappa shape index (κ2) is 12.4. The van der Waals surface area contributed by atoms with Gasteiger partial charge in [-0.15, -0.1) is 0 Å². The number of carbonyl (C=O) groups excluding carboxylic acids is 1. The van der Waals surface area contributed by atoms with Crippen LogP contribution in [0.4, 0.5) is 5.69 Å². The highest BCUT2D eigenvalue weighted by molar-refractivity contribution is 6.05. The molecule has 1 amide bonds. The lowest BCUT2D eigenvalue weighted by molar-refractivity contribution is 0.102. The van der Waals surface area contributed by atoms with Gasteiger partial charge < -0.3 is 14.8 Å². The first-order valence-corrected chi connectivity index (χ1v) is 12.5. The Morgan fingerprint density at radius 3 is 2.63 bits per heavy atom. The van der Waals surface area contributed by atoms with Crippen LogP contribution in [-0.2, 0) is 13.2 Å². The van der Waals surface area contributed by atoms with E-state index < -0.39 is 0 Å². The number of hydrogen-bond acceptors (Lipinski definition) is 5. The van der Waals surface area contributed by atoms with Crippen LogP contribution in [0.25, 0.3) is 0 Å². The lowest BCUT2D eigenvalue weighted by Crippen LogP contribution is -2.33. The van der Waals surface area contributed by atoms with Gasteiger partial charge in [-0.3, -0.25) is 14.7 Å². The lowest BCUT2D eigenvalue weighted by atomic mass is 9.94. The van der Waals surface area contributed by atoms with E-state index >= 15 is 0 Å². The van der Waals surface area contributed by atoms with Gasteiger partial charge in [0.2, 0.25) is 0 Å². The molecule has 1 aliphatic carbocycles. The van der Waals surface area contributed by atoms with Crippen molar-refractivity contribution < 1.29 is 14.3 Å². The Labute approximate surface area is 208 Å². The maximum Gasteiger partial charge on any atom is 0.255 e. The van der Waals surface area contributed by atoms with E-state index in [1.807, 2.05) is 37.3 Å². The van der Waals surface area contributed by atoms with Crippen LogP contribution in [0.2, 0.25) is 0 Å². The first kappa shape index (κ1) is 24.7. The second-order valence-electron chi connectivity index (χ2n) is 9.06. The van der Waals surface area contributed by atoms with Crippen LogP contribution in [0, 0.1) is 0 Å². The van der Waals surface area contributed by atoms with Crippen molar-refractivity contribution >= 4 is 11.6 Å². The number of hydrogen-bond donors (Lipinski definition) is 1. The van der Waals surface area contributed by atoms with E-state index in [9.17, 15) is 4.79 Å². The number of para-hydroxylation sites is 1. The molecule has 0 bridgehead atoms. The van der Waals surface area contributed by atoms with E-state index in [0.717, 1.165) is 23.4 Å². The first-order chi connectivity index (χ1) is 17.1. The van der Waals surface area contributed by atoms with Crippen LogP contribution < -0.4 is 14.8 Å². The minimum absolute atomic E-state index is 0.169. The Kier molecular flexibility index (Phi) is 8.74. The maximum atomic E-state index is 13.2. The van der Waals surface area contributed by atoms with Gasteiger partial charge in [0, 0.05) is 41.8 Å². The monoisotopic (exact) mass is 473 g/mol. The molecular formula is C29H35N3O3. The molecule has 1 N–H and O–H groups in total. The second-order valence-corrected chi connectivity index (χ2v) is 9.06. The summed E-state index contributed by atoms with van der Waals surface area (Å²) in [6, 6.07) is 17.8. The van der Waals surface area contributed by atoms with Crippen LogP contribution in [0.1, 0.15) is 60.5 Å². The number of carbonyl (C=O) groups is 1. The Morgan fingerprint density at radius 1 is 1.03 bits per heavy atom. The maximum absolute atomic E-state index is 13.2. The minimum Gasteiger partial charge on any atom is -0.490 e. The van der Waals surface area contributed by atoms with Crippen LogP contribution in [0.15, 0.2) is 67.0 Å². The number of amides is 1. The van der Waals surface area contributed by atoms with Crippen LogP contribution in [0.3, 0.4) is 0 Å². The van der Waals surface area contributed by atoms with Gasteiger partial charge in [0.25, 0.3) is 5.91 Å². The van der Waals surface area contributed by atoms with Crippen molar-refractivity contribution in [2.75, 3.05) is 19.0 Å². The fourth-order valence-corrected chi connectivity index (χ4v) is 4.58. The summed E-state index contributed by atoms with van der Waals surface area (Å²) in [5, 5.41) is 3.11. The van der Waals surface area contributed by atoms with Crippen LogP contribution in [-0.4, -0.2) is 35.5 Å². The summed E-state index contributed by atoms with van der Waals surface area (Å²) in [7, 11) is 2.19. The summed E-state index contributed by atoms with van der Waals surface area (Å²) in [4.78, 5) is 19.7. The van der Waals surface area contributed by atoms with E-state index in [2.05, 4.69) is 28.3 Å². The summed E-state index contributed by atoms with van der Waals surface area (Å²) < 4.78 is 11.7. The molecule has 1 aliphatic rings. The molecule has 1 saturated carbocycles. The number of benzene rings is 2. The standard InChI is InChI=1S/C29H35N3O3/c1-3-34-28-18-23(15-16-27(28)35-21-22-10-9-17-30-19-22)29(33)31-26-14-8-7-11-24(26)20-32(2)25-12-5-4-6-13-25/h7-11,14-19,25H,3-6,12-13,20-21H2,1-2H3,(H,31,33). The van der Waals surface area contributed by atoms with Crippen molar-refractivity contribution in [3.05, 3.63) is 83.7 Å². The molecule has 6 heteroatoms. The van der Waals surface area contributed by atoms with Crippen molar-refractivity contribution in [3.63, 3.8) is 0 Å². The fourth-order valence-electron chi connectivity index (χ4n) is 4.58. The van der Waals surface area contributed by atoms with Crippen molar-refractivity contribution in [1.82, 2.24) is 9.88 Å². The molecule has 0 unspecified atom stereocenters. The third-order valence-corrected chi connectivity index (χ3v) is 6.51. The zero-order chi connectivity index (χ0) is 24.5. The van der Waals surface area contributed by atoms with Crippen LogP contribution in [0.5, 0.6) is 11.5 Å². The molecule has 2 aromatic carbocycles. The van der Waals surface area contributed by atoms with Gasteiger partial charge in [0.1, 0.15) is 6.61 Å². The van der Waals surface area contributed by atoms with Gasteiger partial charge in [-0.2, -0.15) is 0 Å². The molecular weight excluding hydrogens is 438 g/mol. The minimum atomic E-state index is -0.169. The molecule has 1 fully saturated rings. The summed E-state index contributed by atoms with van der Waals surface area (Å²) in [5.41, 5.74) is 3.45. The molecule has 6 nitrogen and oxygen atoms in total. The lowest BCUT2D eigenvalue weighted by Gasteiger charge is -2.31. The third-order valence-electron chi connectivity index (χ3n) is 6.51. The zero-order valence-corrected chi connectivity index (χ0v) is 20.7. The molecule has 1 aromatic heterocycles. The average molecular weight is 474 g/mol. The third kappa shape index (κ3) is 6.83. The summed E-state index contributed by atoms with van der Waals surface area (Å²) in [5.74, 6) is 0.980. The van der Waals surface area contributed by atoms with Crippen molar-refractivity contribution in [2.45, 2.75) is 58.2 Å².